The van der Waals surface area contributed by atoms with Crippen LogP contribution in [0.2, 0.25) is 0 Å². The van der Waals surface area contributed by atoms with Crippen molar-refractivity contribution < 1.29 is 5.11 Å². The molecule has 0 aliphatic carbocycles. The summed E-state index contributed by atoms with van der Waals surface area (Å²) in [5.74, 6) is 1.05. The van der Waals surface area contributed by atoms with Gasteiger partial charge in [0.15, 0.2) is 0 Å². The highest BCUT2D eigenvalue weighted by Gasteiger charge is 2.18. The molecule has 2 heterocycles. The van der Waals surface area contributed by atoms with Gasteiger partial charge in [-0.2, -0.15) is 0 Å². The van der Waals surface area contributed by atoms with Crippen LogP contribution in [0, 0.1) is 6.92 Å². The van der Waals surface area contributed by atoms with Gasteiger partial charge in [0.1, 0.15) is 5.82 Å². The van der Waals surface area contributed by atoms with E-state index in [2.05, 4.69) is 33.5 Å². The summed E-state index contributed by atoms with van der Waals surface area (Å²) in [4.78, 5) is 8.99. The standard InChI is InChI=1S/C14H21N3O/c1-3-13(18)11-16-6-8-17(9-7-16)14-5-4-12(2)10-15-14/h3-5,10,13,18H,1,6-9,11H2,2H3/t13-/m1/s1. The number of aryl methyl sites for hydroxylation is 1. The SMILES string of the molecule is C=C[C@@H](O)CN1CCN(c2ccc(C)cn2)CC1. The van der Waals surface area contributed by atoms with Gasteiger partial charge in [0, 0.05) is 38.9 Å². The predicted molar refractivity (Wildman–Crippen MR) is 73.8 cm³/mol. The van der Waals surface area contributed by atoms with Crippen LogP contribution in [-0.4, -0.2) is 53.8 Å². The molecular weight excluding hydrogens is 226 g/mol. The summed E-state index contributed by atoms with van der Waals surface area (Å²) >= 11 is 0. The zero-order valence-electron chi connectivity index (χ0n) is 10.9. The first-order valence-electron chi connectivity index (χ1n) is 6.39. The molecule has 1 aliphatic heterocycles. The van der Waals surface area contributed by atoms with E-state index in [1.165, 1.54) is 5.56 Å². The van der Waals surface area contributed by atoms with Crippen LogP contribution in [0.5, 0.6) is 0 Å². The smallest absolute Gasteiger partial charge is 0.128 e. The summed E-state index contributed by atoms with van der Waals surface area (Å²) < 4.78 is 0. The first-order valence-corrected chi connectivity index (χ1v) is 6.39. The van der Waals surface area contributed by atoms with E-state index in [9.17, 15) is 5.11 Å². The van der Waals surface area contributed by atoms with E-state index < -0.39 is 6.10 Å². The van der Waals surface area contributed by atoms with Crippen LogP contribution in [0.4, 0.5) is 5.82 Å². The van der Waals surface area contributed by atoms with E-state index in [-0.39, 0.29) is 0 Å². The topological polar surface area (TPSA) is 39.6 Å². The second-order valence-corrected chi connectivity index (χ2v) is 4.78. The van der Waals surface area contributed by atoms with Crippen molar-refractivity contribution in [1.29, 1.82) is 0 Å². The van der Waals surface area contributed by atoms with Crippen LogP contribution >= 0.6 is 0 Å². The molecule has 4 heteroatoms. The molecule has 0 amide bonds. The van der Waals surface area contributed by atoms with E-state index in [0.29, 0.717) is 6.54 Å². The van der Waals surface area contributed by atoms with Gasteiger partial charge in [0.05, 0.1) is 6.10 Å². The Hall–Kier alpha value is -1.39. The Morgan fingerprint density at radius 1 is 1.39 bits per heavy atom. The van der Waals surface area contributed by atoms with E-state index in [1.807, 2.05) is 13.1 Å². The fourth-order valence-electron chi connectivity index (χ4n) is 2.15. The van der Waals surface area contributed by atoms with Crippen molar-refractivity contribution in [3.8, 4) is 0 Å². The van der Waals surface area contributed by atoms with Gasteiger partial charge in [-0.3, -0.25) is 4.90 Å². The van der Waals surface area contributed by atoms with Crippen molar-refractivity contribution in [2.45, 2.75) is 13.0 Å². The number of hydrogen-bond acceptors (Lipinski definition) is 4. The van der Waals surface area contributed by atoms with Crippen LogP contribution in [0.25, 0.3) is 0 Å². The molecular formula is C14H21N3O. The van der Waals surface area contributed by atoms with Crippen LogP contribution in [0.1, 0.15) is 5.56 Å². The number of hydrogen-bond donors (Lipinski definition) is 1. The zero-order chi connectivity index (χ0) is 13.0. The van der Waals surface area contributed by atoms with Crippen molar-refractivity contribution >= 4 is 5.82 Å². The van der Waals surface area contributed by atoms with Crippen molar-refractivity contribution in [3.05, 3.63) is 36.5 Å². The van der Waals surface area contributed by atoms with Crippen LogP contribution in [-0.2, 0) is 0 Å². The number of pyridine rings is 1. The van der Waals surface area contributed by atoms with Gasteiger partial charge >= 0.3 is 0 Å². The zero-order valence-corrected chi connectivity index (χ0v) is 10.9. The predicted octanol–water partition coefficient (Wildman–Crippen LogP) is 1.06. The summed E-state index contributed by atoms with van der Waals surface area (Å²) in [6.45, 7) is 10.2. The third-order valence-electron chi connectivity index (χ3n) is 3.31. The number of aliphatic hydroxyl groups is 1. The molecule has 2 rings (SSSR count). The van der Waals surface area contributed by atoms with Gasteiger partial charge in [0.25, 0.3) is 0 Å². The van der Waals surface area contributed by atoms with E-state index in [1.54, 1.807) is 6.08 Å². The minimum absolute atomic E-state index is 0.422. The third kappa shape index (κ3) is 3.31. The maximum Gasteiger partial charge on any atom is 0.128 e. The van der Waals surface area contributed by atoms with Crippen molar-refractivity contribution in [3.63, 3.8) is 0 Å². The molecule has 0 spiro atoms. The molecule has 0 radical (unpaired) electrons. The lowest BCUT2D eigenvalue weighted by Crippen LogP contribution is -2.48. The number of nitrogens with zero attached hydrogens (tertiary/aromatic N) is 3. The Morgan fingerprint density at radius 3 is 2.67 bits per heavy atom. The Balaban J connectivity index is 1.86. The van der Waals surface area contributed by atoms with Crippen molar-refractivity contribution in [2.24, 2.45) is 0 Å². The molecule has 1 saturated heterocycles. The molecule has 1 atom stereocenters. The van der Waals surface area contributed by atoms with Crippen molar-refractivity contribution in [1.82, 2.24) is 9.88 Å². The highest BCUT2D eigenvalue weighted by atomic mass is 16.3. The molecule has 4 nitrogen and oxygen atoms in total. The molecule has 0 unspecified atom stereocenters. The molecule has 18 heavy (non-hydrogen) atoms. The monoisotopic (exact) mass is 247 g/mol. The number of aliphatic hydroxyl groups excluding tert-OH is 1. The first kappa shape index (κ1) is 13.1. The molecule has 1 aromatic rings. The van der Waals surface area contributed by atoms with Gasteiger partial charge in [0.2, 0.25) is 0 Å². The minimum Gasteiger partial charge on any atom is -0.388 e. The molecule has 1 N–H and O–H groups in total. The largest absolute Gasteiger partial charge is 0.388 e. The molecule has 1 fully saturated rings. The van der Waals surface area contributed by atoms with Crippen molar-refractivity contribution in [2.75, 3.05) is 37.6 Å². The fraction of sp³-hybridized carbons (Fsp3) is 0.500. The average molecular weight is 247 g/mol. The third-order valence-corrected chi connectivity index (χ3v) is 3.31. The van der Waals surface area contributed by atoms with Gasteiger partial charge in [-0.1, -0.05) is 12.1 Å². The second-order valence-electron chi connectivity index (χ2n) is 4.78. The lowest BCUT2D eigenvalue weighted by molar-refractivity contribution is 0.142. The van der Waals surface area contributed by atoms with Crippen LogP contribution < -0.4 is 4.90 Å². The summed E-state index contributed by atoms with van der Waals surface area (Å²) in [6.07, 6.45) is 3.07. The van der Waals surface area contributed by atoms with Gasteiger partial charge in [-0.15, -0.1) is 6.58 Å². The maximum atomic E-state index is 9.54. The van der Waals surface area contributed by atoms with Gasteiger partial charge in [-0.25, -0.2) is 4.98 Å². The lowest BCUT2D eigenvalue weighted by Gasteiger charge is -2.35. The summed E-state index contributed by atoms with van der Waals surface area (Å²) in [6, 6.07) is 4.17. The maximum absolute atomic E-state index is 9.54. The van der Waals surface area contributed by atoms with E-state index in [0.717, 1.165) is 32.0 Å². The molecule has 0 bridgehead atoms. The number of anilines is 1. The summed E-state index contributed by atoms with van der Waals surface area (Å²) in [5, 5.41) is 9.54. The van der Waals surface area contributed by atoms with Gasteiger partial charge < -0.3 is 10.0 Å². The van der Waals surface area contributed by atoms with Crippen LogP contribution in [0.3, 0.4) is 0 Å². The molecule has 0 aromatic carbocycles. The molecule has 1 aromatic heterocycles. The summed E-state index contributed by atoms with van der Waals surface area (Å²) in [5.41, 5.74) is 1.19. The van der Waals surface area contributed by atoms with Gasteiger partial charge in [-0.05, 0) is 18.6 Å². The highest BCUT2D eigenvalue weighted by molar-refractivity contribution is 5.39. The minimum atomic E-state index is -0.422. The van der Waals surface area contributed by atoms with Crippen LogP contribution in [0.15, 0.2) is 31.0 Å². The van der Waals surface area contributed by atoms with E-state index >= 15 is 0 Å². The molecule has 98 valence electrons. The Morgan fingerprint density at radius 2 is 2.11 bits per heavy atom. The number of aromatic nitrogens is 1. The molecule has 0 saturated carbocycles. The Labute approximate surface area is 109 Å². The Kier molecular flexibility index (Phi) is 4.33. The quantitative estimate of drug-likeness (QED) is 0.808. The highest BCUT2D eigenvalue weighted by Crippen LogP contribution is 2.13. The Bertz CT molecular complexity index is 383. The summed E-state index contributed by atoms with van der Waals surface area (Å²) in [7, 11) is 0. The first-order chi connectivity index (χ1) is 8.69. The second kappa shape index (κ2) is 5.98. The lowest BCUT2D eigenvalue weighted by atomic mass is 10.2. The number of rotatable bonds is 4. The average Bonchev–Trinajstić information content (AvgIpc) is 2.40. The molecule has 1 aliphatic rings. The normalized spacial score (nSPS) is 18.7. The number of β-amino-alcohol motifs (C(OH)–C–C–N with tert-alkyl or cyclic N) is 1. The number of piperazine rings is 1. The fourth-order valence-corrected chi connectivity index (χ4v) is 2.15. The van der Waals surface area contributed by atoms with E-state index in [4.69, 9.17) is 0 Å².